The number of hydrogen-bond donors (Lipinski definition) is 2. The van der Waals surface area contributed by atoms with E-state index in [2.05, 4.69) is 36.2 Å². The van der Waals surface area contributed by atoms with Gasteiger partial charge in [0.2, 0.25) is 5.91 Å². The van der Waals surface area contributed by atoms with Crippen LogP contribution < -0.4 is 5.32 Å². The molecule has 136 valence electrons. The molecule has 1 amide bonds. The zero-order valence-electron chi connectivity index (χ0n) is 12.7. The maximum atomic E-state index is 12.8. The van der Waals surface area contributed by atoms with Crippen molar-refractivity contribution in [3.05, 3.63) is 45.5 Å². The van der Waals surface area contributed by atoms with Gasteiger partial charge < -0.3 is 10.3 Å². The quantitative estimate of drug-likeness (QED) is 0.525. The van der Waals surface area contributed by atoms with Crippen molar-refractivity contribution < 1.29 is 18.0 Å². The van der Waals surface area contributed by atoms with Crippen molar-refractivity contribution >= 4 is 62.1 Å². The number of hydrogen-bond acceptors (Lipinski definition) is 4. The Labute approximate surface area is 162 Å². The van der Waals surface area contributed by atoms with Gasteiger partial charge in [-0.2, -0.15) is 13.2 Å². The maximum Gasteiger partial charge on any atom is 0.417 e. The third kappa shape index (κ3) is 4.49. The lowest BCUT2D eigenvalue weighted by atomic mass is 10.2. The van der Waals surface area contributed by atoms with Crippen LogP contribution in [0.25, 0.3) is 11.2 Å². The lowest BCUT2D eigenvalue weighted by Crippen LogP contribution is -2.15. The minimum Gasteiger partial charge on any atom is -0.331 e. The molecule has 5 nitrogen and oxygen atoms in total. The predicted octanol–water partition coefficient (Wildman–Crippen LogP) is 5.12. The number of thioether (sulfide) groups is 1. The molecule has 0 atom stereocenters. The van der Waals surface area contributed by atoms with Gasteiger partial charge in [-0.25, -0.2) is 9.97 Å². The van der Waals surface area contributed by atoms with E-state index >= 15 is 0 Å². The zero-order valence-corrected chi connectivity index (χ0v) is 15.9. The van der Waals surface area contributed by atoms with Crippen molar-refractivity contribution in [2.45, 2.75) is 11.3 Å². The molecule has 0 aliphatic carbocycles. The van der Waals surface area contributed by atoms with Crippen LogP contribution in [0.3, 0.4) is 0 Å². The fourth-order valence-corrected chi connectivity index (χ4v) is 3.30. The van der Waals surface area contributed by atoms with Crippen LogP contribution in [0.2, 0.25) is 5.02 Å². The van der Waals surface area contributed by atoms with Crippen LogP contribution in [-0.2, 0) is 11.0 Å². The summed E-state index contributed by atoms with van der Waals surface area (Å²) in [6.07, 6.45) is -2.99. The molecule has 0 aliphatic heterocycles. The fraction of sp³-hybridized carbons (Fsp3) is 0.133. The molecule has 11 heteroatoms. The number of H-pyrrole nitrogens is 1. The molecule has 2 N–H and O–H groups in total. The molecule has 2 aromatic heterocycles. The third-order valence-electron chi connectivity index (χ3n) is 3.18. The highest BCUT2D eigenvalue weighted by molar-refractivity contribution is 9.10. The van der Waals surface area contributed by atoms with Crippen LogP contribution in [0.15, 0.2) is 40.1 Å². The van der Waals surface area contributed by atoms with Crippen molar-refractivity contribution in [2.75, 3.05) is 11.1 Å². The van der Waals surface area contributed by atoms with Crippen LogP contribution in [0.5, 0.6) is 0 Å². The van der Waals surface area contributed by atoms with E-state index in [0.29, 0.717) is 16.3 Å². The van der Waals surface area contributed by atoms with E-state index in [1.165, 1.54) is 6.07 Å². The highest BCUT2D eigenvalue weighted by atomic mass is 79.9. The van der Waals surface area contributed by atoms with E-state index < -0.39 is 22.7 Å². The molecule has 3 rings (SSSR count). The number of fused-ring (bicyclic) bond motifs is 1. The Morgan fingerprint density at radius 1 is 1.35 bits per heavy atom. The second-order valence-electron chi connectivity index (χ2n) is 5.10. The van der Waals surface area contributed by atoms with E-state index in [9.17, 15) is 18.0 Å². The summed E-state index contributed by atoms with van der Waals surface area (Å²) < 4.78 is 39.3. The van der Waals surface area contributed by atoms with Gasteiger partial charge in [-0.1, -0.05) is 23.4 Å². The molecule has 0 radical (unpaired) electrons. The largest absolute Gasteiger partial charge is 0.417 e. The third-order valence-corrected chi connectivity index (χ3v) is 4.81. The summed E-state index contributed by atoms with van der Waals surface area (Å²) in [5, 5.41) is 2.47. The Hall–Kier alpha value is -1.78. The lowest BCUT2D eigenvalue weighted by molar-refractivity contribution is -0.137. The Bertz CT molecular complexity index is 979. The number of benzene rings is 1. The summed E-state index contributed by atoms with van der Waals surface area (Å²) in [6, 6.07) is 5.00. The number of pyridine rings is 1. The molecule has 0 saturated heterocycles. The molecule has 0 aliphatic rings. The molecule has 2 heterocycles. The SMILES string of the molecule is O=C(CSc1nc2ncc(Br)cc2[nH]1)Nc1ccc(Cl)c(C(F)(F)F)c1. The summed E-state index contributed by atoms with van der Waals surface area (Å²) >= 11 is 9.95. The molecule has 0 bridgehead atoms. The van der Waals surface area contributed by atoms with E-state index in [4.69, 9.17) is 11.6 Å². The van der Waals surface area contributed by atoms with Crippen molar-refractivity contribution in [1.82, 2.24) is 15.0 Å². The van der Waals surface area contributed by atoms with Gasteiger partial charge in [0, 0.05) is 16.4 Å². The topological polar surface area (TPSA) is 70.7 Å². The molecule has 0 unspecified atom stereocenters. The van der Waals surface area contributed by atoms with Gasteiger partial charge in [0.1, 0.15) is 0 Å². The average molecular weight is 466 g/mol. The number of aromatic nitrogens is 3. The van der Waals surface area contributed by atoms with Gasteiger partial charge in [-0.05, 0) is 40.2 Å². The molecule has 3 aromatic rings. The normalized spacial score (nSPS) is 11.7. The Balaban J connectivity index is 1.65. The molecule has 1 aromatic carbocycles. The molecular formula is C15H9BrClF3N4OS. The average Bonchev–Trinajstić information content (AvgIpc) is 2.95. The highest BCUT2D eigenvalue weighted by Gasteiger charge is 2.33. The molecular weight excluding hydrogens is 457 g/mol. The van der Waals surface area contributed by atoms with Crippen molar-refractivity contribution in [3.8, 4) is 0 Å². The summed E-state index contributed by atoms with van der Waals surface area (Å²) in [6.45, 7) is 0. The highest BCUT2D eigenvalue weighted by Crippen LogP contribution is 2.36. The second-order valence-corrected chi connectivity index (χ2v) is 7.38. The molecule has 26 heavy (non-hydrogen) atoms. The number of nitrogens with one attached hydrogen (secondary N) is 2. The number of halogens is 5. The smallest absolute Gasteiger partial charge is 0.331 e. The molecule has 0 spiro atoms. The van der Waals surface area contributed by atoms with Crippen LogP contribution in [0.4, 0.5) is 18.9 Å². The van der Waals surface area contributed by atoms with Crippen LogP contribution in [0, 0.1) is 0 Å². The molecule has 0 saturated carbocycles. The summed E-state index contributed by atoms with van der Waals surface area (Å²) in [4.78, 5) is 23.3. The van der Waals surface area contributed by atoms with Gasteiger partial charge in [0.15, 0.2) is 10.8 Å². The second kappa shape index (κ2) is 7.45. The minimum absolute atomic E-state index is 0.0162. The van der Waals surface area contributed by atoms with Crippen LogP contribution in [0.1, 0.15) is 5.56 Å². The first kappa shape index (κ1) is 19.0. The first-order valence-electron chi connectivity index (χ1n) is 7.03. The number of anilines is 1. The first-order valence-corrected chi connectivity index (χ1v) is 9.19. The van der Waals surface area contributed by atoms with Crippen molar-refractivity contribution in [2.24, 2.45) is 0 Å². The number of nitrogens with zero attached hydrogens (tertiary/aromatic N) is 2. The van der Waals surface area contributed by atoms with Crippen LogP contribution >= 0.6 is 39.3 Å². The monoisotopic (exact) mass is 464 g/mol. The Kier molecular flexibility index (Phi) is 5.44. The van der Waals surface area contributed by atoms with Gasteiger partial charge in [0.25, 0.3) is 0 Å². The van der Waals surface area contributed by atoms with Gasteiger partial charge in [0.05, 0.1) is 21.9 Å². The number of amides is 1. The number of carbonyl (C=O) groups excluding carboxylic acids is 1. The molecule has 0 fully saturated rings. The van der Waals surface area contributed by atoms with E-state index in [1.54, 1.807) is 12.3 Å². The van der Waals surface area contributed by atoms with Crippen molar-refractivity contribution in [1.29, 1.82) is 0 Å². The number of imidazole rings is 1. The minimum atomic E-state index is -4.60. The summed E-state index contributed by atoms with van der Waals surface area (Å²) in [5.41, 5.74) is 0.222. The zero-order chi connectivity index (χ0) is 18.9. The van der Waals surface area contributed by atoms with Gasteiger partial charge >= 0.3 is 6.18 Å². The Morgan fingerprint density at radius 3 is 2.85 bits per heavy atom. The Morgan fingerprint density at radius 2 is 2.12 bits per heavy atom. The first-order chi connectivity index (χ1) is 12.2. The standard InChI is InChI=1S/C15H9BrClF3N4OS/c16-7-3-11-13(21-5-7)24-14(23-11)26-6-12(25)22-8-1-2-10(17)9(4-8)15(18,19)20/h1-5H,6H2,(H,22,25)(H,21,23,24). The van der Waals surface area contributed by atoms with Crippen LogP contribution in [-0.4, -0.2) is 26.6 Å². The number of alkyl halides is 3. The van der Waals surface area contributed by atoms with Gasteiger partial charge in [-0.3, -0.25) is 4.79 Å². The van der Waals surface area contributed by atoms with Gasteiger partial charge in [-0.15, -0.1) is 0 Å². The summed E-state index contributed by atoms with van der Waals surface area (Å²) in [7, 11) is 0. The summed E-state index contributed by atoms with van der Waals surface area (Å²) in [5.74, 6) is -0.509. The van der Waals surface area contributed by atoms with E-state index in [0.717, 1.165) is 28.4 Å². The maximum absolute atomic E-state index is 12.8. The number of rotatable bonds is 4. The van der Waals surface area contributed by atoms with Crippen molar-refractivity contribution in [3.63, 3.8) is 0 Å². The lowest BCUT2D eigenvalue weighted by Gasteiger charge is -2.11. The number of carbonyl (C=O) groups is 1. The fourth-order valence-electron chi connectivity index (χ4n) is 2.07. The van der Waals surface area contributed by atoms with E-state index in [1.807, 2.05) is 0 Å². The van der Waals surface area contributed by atoms with E-state index in [-0.39, 0.29) is 11.4 Å². The number of aromatic amines is 1. The predicted molar refractivity (Wildman–Crippen MR) is 97.4 cm³/mol.